The standard InChI is InChI=1S/C11H12FNO4S/c12-10-2-1-7(5-9(10)11(14)15)13-8-3-4-18(16,17)6-8/h1-2,5,8,13H,3-4,6H2,(H,14,15). The Bertz CT molecular complexity index is 585. The Morgan fingerprint density at radius 3 is 2.72 bits per heavy atom. The minimum Gasteiger partial charge on any atom is -0.478 e. The molecule has 0 aliphatic carbocycles. The van der Waals surface area contributed by atoms with E-state index in [0.29, 0.717) is 12.1 Å². The molecule has 1 heterocycles. The highest BCUT2D eigenvalue weighted by molar-refractivity contribution is 7.91. The summed E-state index contributed by atoms with van der Waals surface area (Å²) in [5.74, 6) is -2.02. The highest BCUT2D eigenvalue weighted by Gasteiger charge is 2.27. The third-order valence-corrected chi connectivity index (χ3v) is 4.57. The lowest BCUT2D eigenvalue weighted by atomic mass is 10.1. The lowest BCUT2D eigenvalue weighted by Gasteiger charge is -2.12. The van der Waals surface area contributed by atoms with E-state index in [1.165, 1.54) is 12.1 Å². The fraction of sp³-hybridized carbons (Fsp3) is 0.364. The molecule has 1 aromatic rings. The number of carboxylic acids is 1. The van der Waals surface area contributed by atoms with E-state index in [4.69, 9.17) is 5.11 Å². The summed E-state index contributed by atoms with van der Waals surface area (Å²) < 4.78 is 35.7. The van der Waals surface area contributed by atoms with Crippen molar-refractivity contribution in [1.29, 1.82) is 0 Å². The molecule has 0 aromatic heterocycles. The third-order valence-electron chi connectivity index (χ3n) is 2.80. The van der Waals surface area contributed by atoms with Crippen molar-refractivity contribution < 1.29 is 22.7 Å². The summed E-state index contributed by atoms with van der Waals surface area (Å²) in [6, 6.07) is 3.37. The average Bonchev–Trinajstić information content (AvgIpc) is 2.60. The lowest BCUT2D eigenvalue weighted by molar-refractivity contribution is 0.0692. The zero-order chi connectivity index (χ0) is 13.3. The number of nitrogens with one attached hydrogen (secondary N) is 1. The first-order valence-corrected chi connectivity index (χ1v) is 7.19. The Morgan fingerprint density at radius 2 is 2.17 bits per heavy atom. The van der Waals surface area contributed by atoms with Gasteiger partial charge in [-0.1, -0.05) is 0 Å². The summed E-state index contributed by atoms with van der Waals surface area (Å²) in [7, 11) is -3.00. The van der Waals surface area contributed by atoms with E-state index in [9.17, 15) is 17.6 Å². The van der Waals surface area contributed by atoms with Gasteiger partial charge in [0.05, 0.1) is 17.1 Å². The number of rotatable bonds is 3. The molecule has 1 fully saturated rings. The van der Waals surface area contributed by atoms with Crippen molar-refractivity contribution in [3.63, 3.8) is 0 Å². The van der Waals surface area contributed by atoms with Crippen molar-refractivity contribution >= 4 is 21.5 Å². The highest BCUT2D eigenvalue weighted by atomic mass is 32.2. The van der Waals surface area contributed by atoms with Crippen LogP contribution in [0.25, 0.3) is 0 Å². The topological polar surface area (TPSA) is 83.5 Å². The number of halogens is 1. The SMILES string of the molecule is O=C(O)c1cc(NC2CCS(=O)(=O)C2)ccc1F. The molecule has 1 atom stereocenters. The molecule has 0 saturated carbocycles. The number of sulfone groups is 1. The second-order valence-electron chi connectivity index (χ2n) is 4.24. The van der Waals surface area contributed by atoms with Crippen LogP contribution in [-0.4, -0.2) is 37.0 Å². The van der Waals surface area contributed by atoms with Crippen LogP contribution in [0.1, 0.15) is 16.8 Å². The van der Waals surface area contributed by atoms with E-state index < -0.39 is 27.2 Å². The number of carboxylic acid groups (broad SMARTS) is 1. The zero-order valence-electron chi connectivity index (χ0n) is 9.39. The van der Waals surface area contributed by atoms with Gasteiger partial charge in [0.2, 0.25) is 0 Å². The molecule has 7 heteroatoms. The molecular formula is C11H12FNO4S. The van der Waals surface area contributed by atoms with Crippen LogP contribution in [0.3, 0.4) is 0 Å². The summed E-state index contributed by atoms with van der Waals surface area (Å²) in [6.45, 7) is 0. The van der Waals surface area contributed by atoms with Crippen molar-refractivity contribution in [2.75, 3.05) is 16.8 Å². The van der Waals surface area contributed by atoms with Gasteiger partial charge in [0.15, 0.2) is 9.84 Å². The molecule has 0 radical (unpaired) electrons. The minimum absolute atomic E-state index is 0.0206. The summed E-state index contributed by atoms with van der Waals surface area (Å²) in [6.07, 6.45) is 0.474. The van der Waals surface area contributed by atoms with E-state index in [1.54, 1.807) is 0 Å². The average molecular weight is 273 g/mol. The first-order chi connectivity index (χ1) is 8.37. The Kier molecular flexibility index (Phi) is 3.25. The fourth-order valence-corrected chi connectivity index (χ4v) is 3.60. The van der Waals surface area contributed by atoms with Gasteiger partial charge < -0.3 is 10.4 Å². The fourth-order valence-electron chi connectivity index (χ4n) is 1.92. The number of carbonyl (C=O) groups is 1. The van der Waals surface area contributed by atoms with E-state index in [1.807, 2.05) is 0 Å². The maximum atomic E-state index is 13.2. The molecule has 18 heavy (non-hydrogen) atoms. The predicted octanol–water partition coefficient (Wildman–Crippen LogP) is 1.12. The first kappa shape index (κ1) is 12.8. The van der Waals surface area contributed by atoms with Crippen molar-refractivity contribution in [2.24, 2.45) is 0 Å². The van der Waals surface area contributed by atoms with Crippen molar-refractivity contribution in [1.82, 2.24) is 0 Å². The molecule has 98 valence electrons. The second-order valence-corrected chi connectivity index (χ2v) is 6.47. The zero-order valence-corrected chi connectivity index (χ0v) is 10.2. The number of aromatic carboxylic acids is 1. The van der Waals surface area contributed by atoms with Gasteiger partial charge in [-0.3, -0.25) is 0 Å². The Hall–Kier alpha value is -1.63. The van der Waals surface area contributed by atoms with Crippen molar-refractivity contribution in [3.8, 4) is 0 Å². The van der Waals surface area contributed by atoms with E-state index in [2.05, 4.69) is 5.32 Å². The summed E-state index contributed by atoms with van der Waals surface area (Å²) in [5, 5.41) is 11.7. The normalized spacial score (nSPS) is 21.7. The molecule has 1 unspecified atom stereocenters. The number of hydrogen-bond acceptors (Lipinski definition) is 4. The van der Waals surface area contributed by atoms with Gasteiger partial charge in [-0.25, -0.2) is 17.6 Å². The number of anilines is 1. The van der Waals surface area contributed by atoms with E-state index in [-0.39, 0.29) is 17.5 Å². The Morgan fingerprint density at radius 1 is 1.44 bits per heavy atom. The second kappa shape index (κ2) is 4.56. The maximum absolute atomic E-state index is 13.2. The van der Waals surface area contributed by atoms with Crippen LogP contribution in [0.4, 0.5) is 10.1 Å². The van der Waals surface area contributed by atoms with E-state index in [0.717, 1.165) is 6.07 Å². The number of hydrogen-bond donors (Lipinski definition) is 2. The van der Waals surface area contributed by atoms with Crippen LogP contribution < -0.4 is 5.32 Å². The van der Waals surface area contributed by atoms with Gasteiger partial charge >= 0.3 is 5.97 Å². The monoisotopic (exact) mass is 273 g/mol. The molecular weight excluding hydrogens is 261 g/mol. The lowest BCUT2D eigenvalue weighted by Crippen LogP contribution is -2.20. The quantitative estimate of drug-likeness (QED) is 0.862. The van der Waals surface area contributed by atoms with Crippen molar-refractivity contribution in [2.45, 2.75) is 12.5 Å². The number of benzene rings is 1. The van der Waals surface area contributed by atoms with Gasteiger partial charge in [-0.15, -0.1) is 0 Å². The molecule has 1 aromatic carbocycles. The van der Waals surface area contributed by atoms with Crippen LogP contribution in [0.5, 0.6) is 0 Å². The van der Waals surface area contributed by atoms with Gasteiger partial charge in [0, 0.05) is 11.7 Å². The smallest absolute Gasteiger partial charge is 0.338 e. The van der Waals surface area contributed by atoms with Gasteiger partial charge in [0.1, 0.15) is 5.82 Å². The molecule has 1 aliphatic rings. The van der Waals surface area contributed by atoms with Crippen LogP contribution >= 0.6 is 0 Å². The molecule has 5 nitrogen and oxygen atoms in total. The van der Waals surface area contributed by atoms with Crippen LogP contribution in [-0.2, 0) is 9.84 Å². The third kappa shape index (κ3) is 2.79. The molecule has 2 N–H and O–H groups in total. The first-order valence-electron chi connectivity index (χ1n) is 5.37. The minimum atomic E-state index is -3.00. The summed E-state index contributed by atoms with van der Waals surface area (Å²) in [5.41, 5.74) is -0.0169. The predicted molar refractivity (Wildman–Crippen MR) is 64.0 cm³/mol. The Balaban J connectivity index is 2.16. The van der Waals surface area contributed by atoms with Crippen molar-refractivity contribution in [3.05, 3.63) is 29.6 Å². The summed E-state index contributed by atoms with van der Waals surface area (Å²) in [4.78, 5) is 10.8. The molecule has 0 spiro atoms. The molecule has 1 saturated heterocycles. The van der Waals surface area contributed by atoms with E-state index >= 15 is 0 Å². The largest absolute Gasteiger partial charge is 0.478 e. The highest BCUT2D eigenvalue weighted by Crippen LogP contribution is 2.20. The Labute approximate surface area is 104 Å². The summed E-state index contributed by atoms with van der Waals surface area (Å²) >= 11 is 0. The van der Waals surface area contributed by atoms with Gasteiger partial charge in [0.25, 0.3) is 0 Å². The van der Waals surface area contributed by atoms with Gasteiger partial charge in [-0.2, -0.15) is 0 Å². The molecule has 0 bridgehead atoms. The molecule has 1 aliphatic heterocycles. The molecule has 0 amide bonds. The van der Waals surface area contributed by atoms with Crippen LogP contribution in [0, 0.1) is 5.82 Å². The van der Waals surface area contributed by atoms with Crippen LogP contribution in [0.15, 0.2) is 18.2 Å². The maximum Gasteiger partial charge on any atom is 0.338 e. The van der Waals surface area contributed by atoms with Crippen LogP contribution in [0.2, 0.25) is 0 Å². The molecule has 2 rings (SSSR count). The van der Waals surface area contributed by atoms with Gasteiger partial charge in [-0.05, 0) is 24.6 Å².